The molecule has 0 aromatic carbocycles. The fourth-order valence-corrected chi connectivity index (χ4v) is 3.40. The van der Waals surface area contributed by atoms with Crippen LogP contribution in [0.15, 0.2) is 24.8 Å². The van der Waals surface area contributed by atoms with E-state index in [1.54, 1.807) is 17.1 Å². The first-order valence-corrected chi connectivity index (χ1v) is 8.30. The minimum Gasteiger partial charge on any atom is -0.434 e. The molecular weight excluding hydrogens is 308 g/mol. The van der Waals surface area contributed by atoms with Crippen molar-refractivity contribution in [1.29, 1.82) is 0 Å². The Balaban J connectivity index is 1.37. The van der Waals surface area contributed by atoms with Gasteiger partial charge < -0.3 is 15.4 Å². The van der Waals surface area contributed by atoms with Crippen LogP contribution >= 0.6 is 0 Å². The largest absolute Gasteiger partial charge is 0.434 e. The fourth-order valence-electron chi connectivity index (χ4n) is 3.40. The van der Waals surface area contributed by atoms with Crippen LogP contribution in [0, 0.1) is 0 Å². The monoisotopic (exact) mass is 328 g/mol. The molecule has 2 aliphatic heterocycles. The molecule has 1 amide bonds. The molecule has 24 heavy (non-hydrogen) atoms. The van der Waals surface area contributed by atoms with Gasteiger partial charge in [0.25, 0.3) is 5.91 Å². The molecule has 2 aliphatic rings. The molecule has 2 N–H and O–H groups in total. The zero-order valence-corrected chi connectivity index (χ0v) is 13.5. The Bertz CT molecular complexity index is 728. The predicted octanol–water partition coefficient (Wildman–Crippen LogP) is 1.11. The SMILES string of the molecule is CCn1cc(Oc2cnc(C(=O)N[C@@H]3C[C@@H]4CC[C@H]3N4)cn2)cn1. The second kappa shape index (κ2) is 6.20. The molecule has 2 fully saturated rings. The molecule has 0 saturated carbocycles. The third-order valence-corrected chi connectivity index (χ3v) is 4.63. The summed E-state index contributed by atoms with van der Waals surface area (Å²) in [5.74, 6) is 0.743. The zero-order valence-electron chi connectivity index (χ0n) is 13.5. The number of nitrogens with zero attached hydrogens (tertiary/aromatic N) is 4. The molecule has 2 bridgehead atoms. The van der Waals surface area contributed by atoms with E-state index in [1.807, 2.05) is 6.92 Å². The number of hydrogen-bond acceptors (Lipinski definition) is 6. The van der Waals surface area contributed by atoms with Crippen molar-refractivity contribution in [3.8, 4) is 11.6 Å². The number of rotatable bonds is 5. The van der Waals surface area contributed by atoms with Crippen LogP contribution in [-0.2, 0) is 6.54 Å². The molecule has 4 rings (SSSR count). The number of carbonyl (C=O) groups is 1. The van der Waals surface area contributed by atoms with E-state index < -0.39 is 0 Å². The van der Waals surface area contributed by atoms with E-state index in [4.69, 9.17) is 4.74 Å². The molecule has 8 heteroatoms. The second-order valence-electron chi connectivity index (χ2n) is 6.24. The van der Waals surface area contributed by atoms with Gasteiger partial charge in [0.2, 0.25) is 5.88 Å². The number of amides is 1. The van der Waals surface area contributed by atoms with Gasteiger partial charge >= 0.3 is 0 Å². The zero-order chi connectivity index (χ0) is 16.5. The van der Waals surface area contributed by atoms with Gasteiger partial charge in [0, 0.05) is 24.7 Å². The number of carbonyl (C=O) groups excluding carboxylic acids is 1. The van der Waals surface area contributed by atoms with Crippen LogP contribution in [0.3, 0.4) is 0 Å². The fraction of sp³-hybridized carbons (Fsp3) is 0.500. The van der Waals surface area contributed by atoms with Crippen molar-refractivity contribution in [3.63, 3.8) is 0 Å². The molecule has 0 radical (unpaired) electrons. The van der Waals surface area contributed by atoms with Gasteiger partial charge in [-0.3, -0.25) is 9.48 Å². The molecule has 3 atom stereocenters. The molecule has 126 valence electrons. The third kappa shape index (κ3) is 2.96. The highest BCUT2D eigenvalue weighted by molar-refractivity contribution is 5.92. The minimum absolute atomic E-state index is 0.188. The first-order chi connectivity index (χ1) is 11.7. The average molecular weight is 328 g/mol. The Kier molecular flexibility index (Phi) is 3.89. The summed E-state index contributed by atoms with van der Waals surface area (Å²) in [5, 5.41) is 10.7. The van der Waals surface area contributed by atoms with Crippen LogP contribution in [-0.4, -0.2) is 43.8 Å². The van der Waals surface area contributed by atoms with Crippen molar-refractivity contribution in [1.82, 2.24) is 30.4 Å². The maximum Gasteiger partial charge on any atom is 0.271 e. The van der Waals surface area contributed by atoms with Crippen LogP contribution in [0.5, 0.6) is 11.6 Å². The van der Waals surface area contributed by atoms with Gasteiger partial charge in [-0.15, -0.1) is 0 Å². The van der Waals surface area contributed by atoms with E-state index in [1.165, 1.54) is 18.8 Å². The molecule has 2 aromatic heterocycles. The lowest BCUT2D eigenvalue weighted by atomic mass is 9.95. The van der Waals surface area contributed by atoms with Gasteiger partial charge in [0.15, 0.2) is 5.75 Å². The van der Waals surface area contributed by atoms with E-state index in [-0.39, 0.29) is 11.9 Å². The van der Waals surface area contributed by atoms with E-state index in [2.05, 4.69) is 25.7 Å². The van der Waals surface area contributed by atoms with Crippen molar-refractivity contribution in [2.75, 3.05) is 0 Å². The highest BCUT2D eigenvalue weighted by Gasteiger charge is 2.39. The van der Waals surface area contributed by atoms with Crippen LogP contribution in [0.2, 0.25) is 0 Å². The van der Waals surface area contributed by atoms with Gasteiger partial charge in [0.1, 0.15) is 5.69 Å². The summed E-state index contributed by atoms with van der Waals surface area (Å²) < 4.78 is 7.33. The van der Waals surface area contributed by atoms with Gasteiger partial charge in [-0.2, -0.15) is 5.10 Å². The first kappa shape index (κ1) is 15.1. The minimum atomic E-state index is -0.188. The molecule has 0 aliphatic carbocycles. The van der Waals surface area contributed by atoms with Gasteiger partial charge in [-0.05, 0) is 26.2 Å². The van der Waals surface area contributed by atoms with Crippen molar-refractivity contribution in [2.45, 2.75) is 50.9 Å². The molecule has 2 saturated heterocycles. The molecular formula is C16H20N6O2. The van der Waals surface area contributed by atoms with Crippen molar-refractivity contribution in [2.24, 2.45) is 0 Å². The van der Waals surface area contributed by atoms with Crippen molar-refractivity contribution in [3.05, 3.63) is 30.5 Å². The smallest absolute Gasteiger partial charge is 0.271 e. The molecule has 0 unspecified atom stereocenters. The van der Waals surface area contributed by atoms with Crippen LogP contribution < -0.4 is 15.4 Å². The summed E-state index contributed by atoms with van der Waals surface area (Å²) in [6.45, 7) is 2.77. The average Bonchev–Trinajstić information content (AvgIpc) is 3.32. The standard InChI is InChI=1S/C16H20N6O2/c1-2-22-9-11(6-19-22)24-15-8-17-14(7-18-15)16(23)21-13-5-10-3-4-12(13)20-10/h6-10,12-13,20H,2-5H2,1H3,(H,21,23)/t10-,12+,13+/m0/s1. The van der Waals surface area contributed by atoms with Crippen LogP contribution in [0.1, 0.15) is 36.7 Å². The predicted molar refractivity (Wildman–Crippen MR) is 85.8 cm³/mol. The Morgan fingerprint density at radius 2 is 2.29 bits per heavy atom. The lowest BCUT2D eigenvalue weighted by molar-refractivity contribution is 0.0925. The van der Waals surface area contributed by atoms with Crippen molar-refractivity contribution < 1.29 is 9.53 Å². The first-order valence-electron chi connectivity index (χ1n) is 8.30. The molecule has 8 nitrogen and oxygen atoms in total. The maximum absolute atomic E-state index is 12.3. The lowest BCUT2D eigenvalue weighted by Crippen LogP contribution is -2.43. The lowest BCUT2D eigenvalue weighted by Gasteiger charge is -2.21. The normalized spacial score (nSPS) is 25.0. The highest BCUT2D eigenvalue weighted by atomic mass is 16.5. The Hall–Kier alpha value is -2.48. The number of aromatic nitrogens is 4. The van der Waals surface area contributed by atoms with Gasteiger partial charge in [0.05, 0.1) is 24.8 Å². The third-order valence-electron chi connectivity index (χ3n) is 4.63. The van der Waals surface area contributed by atoms with E-state index in [9.17, 15) is 4.79 Å². The number of nitrogens with one attached hydrogen (secondary N) is 2. The van der Waals surface area contributed by atoms with Gasteiger partial charge in [-0.1, -0.05) is 0 Å². The Labute approximate surface area is 139 Å². The molecule has 2 aromatic rings. The number of ether oxygens (including phenoxy) is 1. The quantitative estimate of drug-likeness (QED) is 0.854. The number of aryl methyl sites for hydroxylation is 1. The number of hydrogen-bond donors (Lipinski definition) is 2. The summed E-state index contributed by atoms with van der Waals surface area (Å²) in [4.78, 5) is 20.6. The second-order valence-corrected chi connectivity index (χ2v) is 6.24. The molecule has 0 spiro atoms. The van der Waals surface area contributed by atoms with Gasteiger partial charge in [-0.25, -0.2) is 9.97 Å². The maximum atomic E-state index is 12.3. The van der Waals surface area contributed by atoms with E-state index in [0.717, 1.165) is 19.4 Å². The molecule has 4 heterocycles. The Morgan fingerprint density at radius 3 is 2.92 bits per heavy atom. The number of fused-ring (bicyclic) bond motifs is 2. The van der Waals surface area contributed by atoms with Crippen molar-refractivity contribution >= 4 is 5.91 Å². The summed E-state index contributed by atoms with van der Waals surface area (Å²) in [6.07, 6.45) is 9.62. The van der Waals surface area contributed by atoms with Crippen LogP contribution in [0.25, 0.3) is 0 Å². The highest BCUT2D eigenvalue weighted by Crippen LogP contribution is 2.28. The topological polar surface area (TPSA) is 94.0 Å². The summed E-state index contributed by atoms with van der Waals surface area (Å²) >= 11 is 0. The van der Waals surface area contributed by atoms with Crippen LogP contribution in [0.4, 0.5) is 0 Å². The summed E-state index contributed by atoms with van der Waals surface area (Å²) in [6, 6.07) is 1.13. The van der Waals surface area contributed by atoms with E-state index >= 15 is 0 Å². The Morgan fingerprint density at radius 1 is 1.38 bits per heavy atom. The summed E-state index contributed by atoms with van der Waals surface area (Å²) in [7, 11) is 0. The van der Waals surface area contributed by atoms with E-state index in [0.29, 0.717) is 29.4 Å². The summed E-state index contributed by atoms with van der Waals surface area (Å²) in [5.41, 5.74) is 0.300.